The fourth-order valence-electron chi connectivity index (χ4n) is 1.70. The zero-order valence-corrected chi connectivity index (χ0v) is 12.4. The summed E-state index contributed by atoms with van der Waals surface area (Å²) in [4.78, 5) is 11.0. The van der Waals surface area contributed by atoms with E-state index >= 15 is 0 Å². The number of unbranched alkanes of at least 4 members (excludes halogenated alkanes) is 1. The van der Waals surface area contributed by atoms with E-state index in [4.69, 9.17) is 9.47 Å². The van der Waals surface area contributed by atoms with Gasteiger partial charge in [-0.2, -0.15) is 0 Å². The van der Waals surface area contributed by atoms with Crippen molar-refractivity contribution in [3.63, 3.8) is 0 Å². The van der Waals surface area contributed by atoms with Crippen LogP contribution in [0.3, 0.4) is 0 Å². The van der Waals surface area contributed by atoms with Gasteiger partial charge in [0, 0.05) is 20.1 Å². The molecule has 0 fully saturated rings. The minimum absolute atomic E-state index is 0.124. The Hall–Kier alpha value is -1.09. The van der Waals surface area contributed by atoms with E-state index in [2.05, 4.69) is 18.7 Å². The molecule has 3 heteroatoms. The number of allylic oxidation sites excluding steroid dienone is 3. The lowest BCUT2D eigenvalue weighted by atomic mass is 10.00. The van der Waals surface area contributed by atoms with Crippen LogP contribution in [0.5, 0.6) is 0 Å². The molecule has 110 valence electrons. The molecule has 0 saturated carbocycles. The Balaban J connectivity index is 3.58. The highest BCUT2D eigenvalue weighted by Gasteiger charge is 2.05. The predicted molar refractivity (Wildman–Crippen MR) is 79.0 cm³/mol. The molecule has 0 aliphatic heterocycles. The summed E-state index contributed by atoms with van der Waals surface area (Å²) in [5.41, 5.74) is 0. The number of rotatable bonds is 12. The molecule has 0 spiro atoms. The van der Waals surface area contributed by atoms with E-state index < -0.39 is 0 Å². The first-order valence-corrected chi connectivity index (χ1v) is 7.16. The van der Waals surface area contributed by atoms with Gasteiger partial charge >= 0.3 is 5.97 Å². The number of hydrogen-bond donors (Lipinski definition) is 0. The number of methoxy groups -OCH3 is 1. The van der Waals surface area contributed by atoms with Gasteiger partial charge in [-0.05, 0) is 38.0 Å². The van der Waals surface area contributed by atoms with E-state index in [0.29, 0.717) is 18.9 Å². The van der Waals surface area contributed by atoms with Gasteiger partial charge in [0.05, 0.1) is 6.61 Å². The summed E-state index contributed by atoms with van der Waals surface area (Å²) >= 11 is 0. The second-order valence-electron chi connectivity index (χ2n) is 4.54. The van der Waals surface area contributed by atoms with Crippen LogP contribution < -0.4 is 0 Å². The molecule has 0 amide bonds. The SMILES string of the molecule is C=CC(CC/C=C/CCCOC)CCOC(=O)CC. The molecule has 0 aliphatic rings. The molecule has 0 aliphatic carbocycles. The van der Waals surface area contributed by atoms with Crippen LogP contribution in [0.15, 0.2) is 24.8 Å². The van der Waals surface area contributed by atoms with Crippen molar-refractivity contribution < 1.29 is 14.3 Å². The van der Waals surface area contributed by atoms with Crippen LogP contribution in [0.25, 0.3) is 0 Å². The fourth-order valence-corrected chi connectivity index (χ4v) is 1.70. The molecule has 19 heavy (non-hydrogen) atoms. The molecule has 0 heterocycles. The van der Waals surface area contributed by atoms with Gasteiger partial charge in [0.15, 0.2) is 0 Å². The topological polar surface area (TPSA) is 35.5 Å². The van der Waals surface area contributed by atoms with Crippen molar-refractivity contribution >= 4 is 5.97 Å². The van der Waals surface area contributed by atoms with E-state index in [-0.39, 0.29) is 5.97 Å². The van der Waals surface area contributed by atoms with Crippen molar-refractivity contribution in [1.29, 1.82) is 0 Å². The lowest BCUT2D eigenvalue weighted by molar-refractivity contribution is -0.143. The normalized spacial score (nSPS) is 12.5. The maximum atomic E-state index is 11.0. The third-order valence-electron chi connectivity index (χ3n) is 2.96. The molecule has 1 atom stereocenters. The Bertz CT molecular complexity index is 259. The molecule has 0 N–H and O–H groups in total. The molecular formula is C16H28O3. The van der Waals surface area contributed by atoms with Crippen LogP contribution in [0.2, 0.25) is 0 Å². The first-order chi connectivity index (χ1) is 9.24. The van der Waals surface area contributed by atoms with Crippen LogP contribution in [0.4, 0.5) is 0 Å². The molecule has 0 saturated heterocycles. The van der Waals surface area contributed by atoms with Crippen molar-refractivity contribution in [2.75, 3.05) is 20.3 Å². The Kier molecular flexibility index (Phi) is 12.6. The minimum atomic E-state index is -0.124. The third kappa shape index (κ3) is 11.7. The largest absolute Gasteiger partial charge is 0.466 e. The highest BCUT2D eigenvalue weighted by atomic mass is 16.5. The van der Waals surface area contributed by atoms with Crippen molar-refractivity contribution in [3.8, 4) is 0 Å². The first-order valence-electron chi connectivity index (χ1n) is 7.16. The maximum absolute atomic E-state index is 11.0. The summed E-state index contributed by atoms with van der Waals surface area (Å²) in [6.45, 7) is 6.97. The number of carbonyl (C=O) groups excluding carboxylic acids is 1. The van der Waals surface area contributed by atoms with Gasteiger partial charge < -0.3 is 9.47 Å². The maximum Gasteiger partial charge on any atom is 0.305 e. The molecule has 0 radical (unpaired) electrons. The Morgan fingerprint density at radius 2 is 1.95 bits per heavy atom. The van der Waals surface area contributed by atoms with Crippen LogP contribution in [0.1, 0.15) is 45.4 Å². The van der Waals surface area contributed by atoms with E-state index in [1.165, 1.54) is 0 Å². The van der Waals surface area contributed by atoms with Gasteiger partial charge in [-0.25, -0.2) is 0 Å². The van der Waals surface area contributed by atoms with Crippen molar-refractivity contribution in [2.24, 2.45) is 5.92 Å². The van der Waals surface area contributed by atoms with Gasteiger partial charge in [0.25, 0.3) is 0 Å². The molecule has 0 aromatic heterocycles. The minimum Gasteiger partial charge on any atom is -0.466 e. The second-order valence-corrected chi connectivity index (χ2v) is 4.54. The van der Waals surface area contributed by atoms with E-state index in [9.17, 15) is 4.79 Å². The van der Waals surface area contributed by atoms with Gasteiger partial charge in [0.1, 0.15) is 0 Å². The highest BCUT2D eigenvalue weighted by molar-refractivity contribution is 5.68. The van der Waals surface area contributed by atoms with Crippen LogP contribution >= 0.6 is 0 Å². The lowest BCUT2D eigenvalue weighted by Gasteiger charge is -2.11. The number of carbonyl (C=O) groups is 1. The van der Waals surface area contributed by atoms with Gasteiger partial charge in [-0.3, -0.25) is 4.79 Å². The van der Waals surface area contributed by atoms with E-state index in [1.807, 2.05) is 13.0 Å². The molecule has 0 rings (SSSR count). The second kappa shape index (κ2) is 13.3. The summed E-state index contributed by atoms with van der Waals surface area (Å²) in [7, 11) is 1.73. The number of esters is 1. The van der Waals surface area contributed by atoms with Crippen molar-refractivity contribution in [1.82, 2.24) is 0 Å². The molecule has 0 aromatic carbocycles. The summed E-state index contributed by atoms with van der Waals surface area (Å²) in [6, 6.07) is 0. The third-order valence-corrected chi connectivity index (χ3v) is 2.96. The van der Waals surface area contributed by atoms with Crippen molar-refractivity contribution in [3.05, 3.63) is 24.8 Å². The average Bonchev–Trinajstić information content (AvgIpc) is 2.44. The zero-order valence-electron chi connectivity index (χ0n) is 12.4. The lowest BCUT2D eigenvalue weighted by Crippen LogP contribution is -2.07. The Morgan fingerprint density at radius 1 is 1.21 bits per heavy atom. The van der Waals surface area contributed by atoms with E-state index in [0.717, 1.165) is 38.7 Å². The highest BCUT2D eigenvalue weighted by Crippen LogP contribution is 2.13. The van der Waals surface area contributed by atoms with Crippen molar-refractivity contribution in [2.45, 2.75) is 45.4 Å². The van der Waals surface area contributed by atoms with Gasteiger partial charge in [-0.15, -0.1) is 6.58 Å². The fraction of sp³-hybridized carbons (Fsp3) is 0.688. The van der Waals surface area contributed by atoms with E-state index in [1.54, 1.807) is 7.11 Å². The quantitative estimate of drug-likeness (QED) is 0.306. The molecular weight excluding hydrogens is 240 g/mol. The van der Waals surface area contributed by atoms with Crippen LogP contribution in [-0.4, -0.2) is 26.3 Å². The summed E-state index contributed by atoms with van der Waals surface area (Å²) in [5.74, 6) is 0.300. The summed E-state index contributed by atoms with van der Waals surface area (Å²) < 4.78 is 10.1. The smallest absolute Gasteiger partial charge is 0.305 e. The molecule has 1 unspecified atom stereocenters. The molecule has 0 bridgehead atoms. The summed E-state index contributed by atoms with van der Waals surface area (Å²) in [5, 5.41) is 0. The van der Waals surface area contributed by atoms with Crippen LogP contribution in [-0.2, 0) is 14.3 Å². The first kappa shape index (κ1) is 17.9. The van der Waals surface area contributed by atoms with Gasteiger partial charge in [0.2, 0.25) is 0 Å². The standard InChI is InChI=1S/C16H28O3/c1-4-15(12-14-19-16(17)5-2)11-9-7-6-8-10-13-18-3/h4,6-7,15H,1,5,8-14H2,2-3H3/b7-6+. The van der Waals surface area contributed by atoms with Gasteiger partial charge in [-0.1, -0.05) is 25.2 Å². The predicted octanol–water partition coefficient (Wildman–Crippen LogP) is 3.89. The number of ether oxygens (including phenoxy) is 2. The summed E-state index contributed by atoms with van der Waals surface area (Å²) in [6.07, 6.45) is 11.9. The average molecular weight is 268 g/mol. The molecule has 3 nitrogen and oxygen atoms in total. The number of hydrogen-bond acceptors (Lipinski definition) is 3. The molecule has 0 aromatic rings. The Labute approximate surface area is 117 Å². The zero-order chi connectivity index (χ0) is 14.3. The monoisotopic (exact) mass is 268 g/mol. The van der Waals surface area contributed by atoms with Crippen LogP contribution in [0, 0.1) is 5.92 Å². The Morgan fingerprint density at radius 3 is 2.58 bits per heavy atom.